The molecule has 1 atom stereocenters. The molecule has 21 heavy (non-hydrogen) atoms. The third kappa shape index (κ3) is 2.84. The third-order valence-electron chi connectivity index (χ3n) is 5.48. The van der Waals surface area contributed by atoms with Crippen molar-refractivity contribution < 1.29 is 4.39 Å². The molecule has 2 aliphatic rings. The summed E-state index contributed by atoms with van der Waals surface area (Å²) in [5.41, 5.74) is 6.04. The Morgan fingerprint density at radius 2 is 1.90 bits per heavy atom. The lowest BCUT2D eigenvalue weighted by molar-refractivity contribution is 0.322. The highest BCUT2D eigenvalue weighted by molar-refractivity contribution is 5.66. The van der Waals surface area contributed by atoms with Crippen LogP contribution in [0.1, 0.15) is 57.9 Å². The Morgan fingerprint density at radius 3 is 2.62 bits per heavy atom. The number of halogens is 1. The van der Waals surface area contributed by atoms with Gasteiger partial charge in [0.25, 0.3) is 0 Å². The molecule has 2 aliphatic carbocycles. The molecule has 0 saturated carbocycles. The van der Waals surface area contributed by atoms with E-state index in [2.05, 4.69) is 20.4 Å². The molecule has 0 aliphatic heterocycles. The summed E-state index contributed by atoms with van der Waals surface area (Å²) in [5, 5.41) is 0. The molecule has 0 heterocycles. The van der Waals surface area contributed by atoms with E-state index in [1.165, 1.54) is 37.7 Å². The van der Waals surface area contributed by atoms with Crippen molar-refractivity contribution in [3.8, 4) is 0 Å². The molecule has 1 aromatic carbocycles. The van der Waals surface area contributed by atoms with E-state index in [1.54, 1.807) is 23.3 Å². The van der Waals surface area contributed by atoms with Crippen molar-refractivity contribution in [1.82, 2.24) is 0 Å². The van der Waals surface area contributed by atoms with Crippen molar-refractivity contribution in [1.29, 1.82) is 0 Å². The minimum absolute atomic E-state index is 0.173. The summed E-state index contributed by atoms with van der Waals surface area (Å²) in [6.45, 7) is 9.11. The highest BCUT2D eigenvalue weighted by atomic mass is 19.1. The lowest BCUT2D eigenvalue weighted by atomic mass is 9.64. The maximum Gasteiger partial charge on any atom is 0.123 e. The fourth-order valence-electron chi connectivity index (χ4n) is 4.11. The van der Waals surface area contributed by atoms with Crippen LogP contribution >= 0.6 is 0 Å². The molecule has 1 aromatic rings. The van der Waals surface area contributed by atoms with Gasteiger partial charge < -0.3 is 0 Å². The molecule has 0 aromatic heterocycles. The molecule has 0 nitrogen and oxygen atoms in total. The van der Waals surface area contributed by atoms with Crippen LogP contribution in [0.15, 0.2) is 42.0 Å². The fraction of sp³-hybridized carbons (Fsp3) is 0.500. The molecule has 0 radical (unpaired) electrons. The Balaban J connectivity index is 1.81. The Hall–Kier alpha value is -1.37. The van der Waals surface area contributed by atoms with Crippen molar-refractivity contribution >= 4 is 5.57 Å². The summed E-state index contributed by atoms with van der Waals surface area (Å²) in [7, 11) is 0. The van der Waals surface area contributed by atoms with E-state index in [9.17, 15) is 4.39 Å². The van der Waals surface area contributed by atoms with Crippen LogP contribution in [-0.4, -0.2) is 0 Å². The van der Waals surface area contributed by atoms with Crippen LogP contribution < -0.4 is 0 Å². The highest BCUT2D eigenvalue weighted by Gasteiger charge is 2.34. The predicted octanol–water partition coefficient (Wildman–Crippen LogP) is 6.15. The van der Waals surface area contributed by atoms with E-state index in [1.807, 2.05) is 12.1 Å². The van der Waals surface area contributed by atoms with Crippen LogP contribution in [0, 0.1) is 17.2 Å². The monoisotopic (exact) mass is 284 g/mol. The standard InChI is InChI=1S/C20H25F/c1-14(15-8-10-18(21)11-9-15)17-7-6-16-5-4-12-20(2,3)19(16)13-17/h8-11,17H,1,4-7,12-13H2,2-3H3. The lowest BCUT2D eigenvalue weighted by Gasteiger charge is -2.41. The van der Waals surface area contributed by atoms with Crippen molar-refractivity contribution in [3.05, 3.63) is 53.4 Å². The van der Waals surface area contributed by atoms with Crippen LogP contribution in [0.25, 0.3) is 5.57 Å². The van der Waals surface area contributed by atoms with Gasteiger partial charge >= 0.3 is 0 Å². The second-order valence-corrected chi connectivity index (χ2v) is 7.29. The van der Waals surface area contributed by atoms with Crippen LogP contribution in [0.5, 0.6) is 0 Å². The molecule has 0 bridgehead atoms. The van der Waals surface area contributed by atoms with Gasteiger partial charge in [0.05, 0.1) is 0 Å². The molecule has 0 amide bonds. The van der Waals surface area contributed by atoms with Gasteiger partial charge in [0, 0.05) is 0 Å². The molecule has 0 N–H and O–H groups in total. The van der Waals surface area contributed by atoms with Crippen molar-refractivity contribution in [2.75, 3.05) is 0 Å². The summed E-state index contributed by atoms with van der Waals surface area (Å²) < 4.78 is 13.1. The van der Waals surface area contributed by atoms with Crippen LogP contribution in [-0.2, 0) is 0 Å². The van der Waals surface area contributed by atoms with Gasteiger partial charge in [-0.25, -0.2) is 4.39 Å². The Morgan fingerprint density at radius 1 is 1.19 bits per heavy atom. The molecule has 0 saturated heterocycles. The summed E-state index contributed by atoms with van der Waals surface area (Å²) in [4.78, 5) is 0. The van der Waals surface area contributed by atoms with Gasteiger partial charge in [-0.2, -0.15) is 0 Å². The fourth-order valence-corrected chi connectivity index (χ4v) is 4.11. The third-order valence-corrected chi connectivity index (χ3v) is 5.48. The number of rotatable bonds is 2. The van der Waals surface area contributed by atoms with E-state index in [0.717, 1.165) is 12.0 Å². The van der Waals surface area contributed by atoms with Gasteiger partial charge in [0.2, 0.25) is 0 Å². The summed E-state index contributed by atoms with van der Waals surface area (Å²) in [5.74, 6) is 0.347. The molecule has 0 fully saturated rings. The number of hydrogen-bond acceptors (Lipinski definition) is 0. The van der Waals surface area contributed by atoms with Gasteiger partial charge in [0.1, 0.15) is 5.82 Å². The number of benzene rings is 1. The Bertz CT molecular complexity index is 574. The topological polar surface area (TPSA) is 0 Å². The number of allylic oxidation sites excluding steroid dienone is 3. The molecule has 1 heteroatoms. The maximum absolute atomic E-state index is 13.1. The second-order valence-electron chi connectivity index (χ2n) is 7.29. The maximum atomic E-state index is 13.1. The first-order valence-electron chi connectivity index (χ1n) is 8.13. The van der Waals surface area contributed by atoms with Crippen LogP contribution in [0.2, 0.25) is 0 Å². The van der Waals surface area contributed by atoms with Gasteiger partial charge in [-0.05, 0) is 73.1 Å². The lowest BCUT2D eigenvalue weighted by Crippen LogP contribution is -2.26. The smallest absolute Gasteiger partial charge is 0.123 e. The average molecular weight is 284 g/mol. The van der Waals surface area contributed by atoms with E-state index in [0.29, 0.717) is 11.3 Å². The molecule has 3 rings (SSSR count). The van der Waals surface area contributed by atoms with Crippen LogP contribution in [0.4, 0.5) is 4.39 Å². The summed E-state index contributed by atoms with van der Waals surface area (Å²) in [6, 6.07) is 6.82. The zero-order valence-electron chi connectivity index (χ0n) is 13.2. The molecule has 0 spiro atoms. The highest BCUT2D eigenvalue weighted by Crippen LogP contribution is 2.49. The first-order valence-corrected chi connectivity index (χ1v) is 8.13. The first-order chi connectivity index (χ1) is 9.97. The second kappa shape index (κ2) is 5.44. The van der Waals surface area contributed by atoms with Crippen LogP contribution in [0.3, 0.4) is 0 Å². The molecule has 112 valence electrons. The zero-order valence-corrected chi connectivity index (χ0v) is 13.2. The van der Waals surface area contributed by atoms with Crippen molar-refractivity contribution in [3.63, 3.8) is 0 Å². The molecular formula is C20H25F. The zero-order chi connectivity index (χ0) is 15.0. The van der Waals surface area contributed by atoms with E-state index in [-0.39, 0.29) is 5.82 Å². The first kappa shape index (κ1) is 14.6. The summed E-state index contributed by atoms with van der Waals surface area (Å²) in [6.07, 6.45) is 7.53. The average Bonchev–Trinajstić information content (AvgIpc) is 2.47. The van der Waals surface area contributed by atoms with Gasteiger partial charge in [-0.15, -0.1) is 0 Å². The minimum Gasteiger partial charge on any atom is -0.207 e. The molecule has 1 unspecified atom stereocenters. The van der Waals surface area contributed by atoms with E-state index >= 15 is 0 Å². The Kier molecular flexibility index (Phi) is 3.77. The molecular weight excluding hydrogens is 259 g/mol. The van der Waals surface area contributed by atoms with Gasteiger partial charge in [0.15, 0.2) is 0 Å². The SMILES string of the molecule is C=C(c1ccc(F)cc1)C1CCC2=C(C1)C(C)(C)CCC2. The van der Waals surface area contributed by atoms with E-state index < -0.39 is 0 Å². The van der Waals surface area contributed by atoms with Crippen molar-refractivity contribution in [2.24, 2.45) is 11.3 Å². The largest absolute Gasteiger partial charge is 0.207 e. The minimum atomic E-state index is -0.173. The predicted molar refractivity (Wildman–Crippen MR) is 87.4 cm³/mol. The van der Waals surface area contributed by atoms with Gasteiger partial charge in [-0.3, -0.25) is 0 Å². The Labute approximate surface area is 127 Å². The quantitative estimate of drug-likeness (QED) is 0.572. The summed E-state index contributed by atoms with van der Waals surface area (Å²) >= 11 is 0. The van der Waals surface area contributed by atoms with Gasteiger partial charge in [-0.1, -0.05) is 43.7 Å². The number of hydrogen-bond donors (Lipinski definition) is 0. The van der Waals surface area contributed by atoms with Crippen molar-refractivity contribution in [2.45, 2.75) is 52.4 Å². The normalized spacial score (nSPS) is 24.6. The van der Waals surface area contributed by atoms with E-state index in [4.69, 9.17) is 0 Å².